The molecule has 2 rings (SSSR count). The van der Waals surface area contributed by atoms with Crippen molar-refractivity contribution in [2.45, 2.75) is 44.7 Å². The van der Waals surface area contributed by atoms with Gasteiger partial charge in [0.1, 0.15) is 6.26 Å². The molecular weight excluding hydrogens is 252 g/mol. The van der Waals surface area contributed by atoms with E-state index in [9.17, 15) is 4.79 Å². The first-order valence-corrected chi connectivity index (χ1v) is 7.28. The summed E-state index contributed by atoms with van der Waals surface area (Å²) in [6.45, 7) is 3.67. The summed E-state index contributed by atoms with van der Waals surface area (Å²) in [5.41, 5.74) is 0.629. The average Bonchev–Trinajstić information content (AvgIpc) is 3.01. The predicted molar refractivity (Wildman–Crippen MR) is 78.3 cm³/mol. The molecule has 0 radical (unpaired) electrons. The summed E-state index contributed by atoms with van der Waals surface area (Å²) >= 11 is 0. The number of furan rings is 1. The maximum absolute atomic E-state index is 12.2. The molecule has 1 aliphatic heterocycles. The van der Waals surface area contributed by atoms with E-state index in [1.807, 2.05) is 4.90 Å². The lowest BCUT2D eigenvalue weighted by Crippen LogP contribution is -2.47. The second kappa shape index (κ2) is 7.16. The van der Waals surface area contributed by atoms with Crippen molar-refractivity contribution >= 4 is 5.91 Å². The van der Waals surface area contributed by atoms with Gasteiger partial charge in [0.15, 0.2) is 0 Å². The zero-order valence-electron chi connectivity index (χ0n) is 12.0. The highest BCUT2D eigenvalue weighted by Crippen LogP contribution is 2.15. The van der Waals surface area contributed by atoms with Crippen molar-refractivity contribution in [1.29, 1.82) is 0 Å². The number of piperidine rings is 1. The molecule has 1 atom stereocenters. The standard InChI is InChI=1S/C16H22N2O2/c1-3-5-14(4-2)17-15-6-9-18(10-7-15)16(19)13-8-11-20-12-13/h2,8,11-12,14-15,17H,3,5-7,9-10H2,1H3. The van der Waals surface area contributed by atoms with Gasteiger partial charge in [-0.3, -0.25) is 4.79 Å². The molecule has 2 heterocycles. The summed E-state index contributed by atoms with van der Waals surface area (Å²) in [6, 6.07) is 2.28. The molecule has 4 heteroatoms. The number of carbonyl (C=O) groups is 1. The highest BCUT2D eigenvalue weighted by Gasteiger charge is 2.24. The third-order valence-electron chi connectivity index (χ3n) is 3.77. The Morgan fingerprint density at radius 1 is 1.60 bits per heavy atom. The van der Waals surface area contributed by atoms with Crippen molar-refractivity contribution in [3.05, 3.63) is 24.2 Å². The maximum Gasteiger partial charge on any atom is 0.257 e. The third kappa shape index (κ3) is 3.64. The number of terminal acetylenes is 1. The summed E-state index contributed by atoms with van der Waals surface area (Å²) in [5, 5.41) is 3.51. The molecule has 0 bridgehead atoms. The van der Waals surface area contributed by atoms with Crippen LogP contribution >= 0.6 is 0 Å². The van der Waals surface area contributed by atoms with E-state index in [2.05, 4.69) is 18.2 Å². The SMILES string of the molecule is C#CC(CCC)NC1CCN(C(=O)c2ccoc2)CC1. The molecule has 0 aliphatic carbocycles. The van der Waals surface area contributed by atoms with Crippen LogP contribution in [0.1, 0.15) is 43.0 Å². The van der Waals surface area contributed by atoms with Gasteiger partial charge < -0.3 is 14.6 Å². The van der Waals surface area contributed by atoms with E-state index in [0.29, 0.717) is 11.6 Å². The zero-order valence-corrected chi connectivity index (χ0v) is 12.0. The highest BCUT2D eigenvalue weighted by molar-refractivity contribution is 5.93. The van der Waals surface area contributed by atoms with Gasteiger partial charge in [0.2, 0.25) is 0 Å². The van der Waals surface area contributed by atoms with Gasteiger partial charge in [-0.05, 0) is 25.3 Å². The van der Waals surface area contributed by atoms with Gasteiger partial charge in [-0.2, -0.15) is 0 Å². The maximum atomic E-state index is 12.2. The highest BCUT2D eigenvalue weighted by atomic mass is 16.3. The van der Waals surface area contributed by atoms with Gasteiger partial charge >= 0.3 is 0 Å². The lowest BCUT2D eigenvalue weighted by Gasteiger charge is -2.33. The second-order valence-corrected chi connectivity index (χ2v) is 5.25. The first-order chi connectivity index (χ1) is 9.74. The lowest BCUT2D eigenvalue weighted by atomic mass is 10.0. The summed E-state index contributed by atoms with van der Waals surface area (Å²) in [4.78, 5) is 14.0. The number of hydrogen-bond acceptors (Lipinski definition) is 3. The van der Waals surface area contributed by atoms with Crippen LogP contribution in [0.2, 0.25) is 0 Å². The fourth-order valence-corrected chi connectivity index (χ4v) is 2.61. The molecule has 1 aliphatic rings. The average molecular weight is 274 g/mol. The molecule has 1 aromatic rings. The molecule has 0 spiro atoms. The fourth-order valence-electron chi connectivity index (χ4n) is 2.61. The minimum atomic E-state index is 0.0549. The Kier molecular flexibility index (Phi) is 5.25. The summed E-state index contributed by atoms with van der Waals surface area (Å²) in [6.07, 6.45) is 12.5. The first-order valence-electron chi connectivity index (χ1n) is 7.28. The van der Waals surface area contributed by atoms with Crippen LogP contribution in [0.4, 0.5) is 0 Å². The molecule has 1 amide bonds. The van der Waals surface area contributed by atoms with Crippen LogP contribution in [0.15, 0.2) is 23.0 Å². The first kappa shape index (κ1) is 14.7. The molecule has 1 N–H and O–H groups in total. The van der Waals surface area contributed by atoms with Crippen molar-refractivity contribution in [3.63, 3.8) is 0 Å². The monoisotopic (exact) mass is 274 g/mol. The Bertz CT molecular complexity index is 453. The van der Waals surface area contributed by atoms with E-state index < -0.39 is 0 Å². The Balaban J connectivity index is 1.81. The molecule has 1 unspecified atom stereocenters. The molecular formula is C16H22N2O2. The van der Waals surface area contributed by atoms with Crippen LogP contribution in [0.25, 0.3) is 0 Å². The van der Waals surface area contributed by atoms with Crippen molar-refractivity contribution in [3.8, 4) is 12.3 Å². The number of nitrogens with zero attached hydrogens (tertiary/aromatic N) is 1. The van der Waals surface area contributed by atoms with Crippen LogP contribution in [0.3, 0.4) is 0 Å². The smallest absolute Gasteiger partial charge is 0.257 e. The van der Waals surface area contributed by atoms with Crippen LogP contribution < -0.4 is 5.32 Å². The summed E-state index contributed by atoms with van der Waals surface area (Å²) in [5.74, 6) is 2.86. The van der Waals surface area contributed by atoms with Crippen LogP contribution in [-0.4, -0.2) is 36.0 Å². The Labute approximate surface area is 120 Å². The van der Waals surface area contributed by atoms with Gasteiger partial charge in [0, 0.05) is 19.1 Å². The summed E-state index contributed by atoms with van der Waals surface area (Å²) < 4.78 is 4.96. The molecule has 4 nitrogen and oxygen atoms in total. The molecule has 20 heavy (non-hydrogen) atoms. The number of likely N-dealkylation sites (tertiary alicyclic amines) is 1. The molecule has 1 aromatic heterocycles. The third-order valence-corrected chi connectivity index (χ3v) is 3.77. The van der Waals surface area contributed by atoms with Gasteiger partial charge in [-0.15, -0.1) is 6.42 Å². The summed E-state index contributed by atoms with van der Waals surface area (Å²) in [7, 11) is 0. The zero-order chi connectivity index (χ0) is 14.4. The lowest BCUT2D eigenvalue weighted by molar-refractivity contribution is 0.0702. The van der Waals surface area contributed by atoms with Crippen LogP contribution in [0, 0.1) is 12.3 Å². The molecule has 108 valence electrons. The number of rotatable bonds is 5. The minimum absolute atomic E-state index is 0.0549. The molecule has 1 saturated heterocycles. The van der Waals surface area contributed by atoms with E-state index in [-0.39, 0.29) is 11.9 Å². The fraction of sp³-hybridized carbons (Fsp3) is 0.562. The van der Waals surface area contributed by atoms with Gasteiger partial charge in [0.05, 0.1) is 17.9 Å². The van der Waals surface area contributed by atoms with Crippen molar-refractivity contribution < 1.29 is 9.21 Å². The van der Waals surface area contributed by atoms with E-state index in [1.165, 1.54) is 12.5 Å². The van der Waals surface area contributed by atoms with Crippen LogP contribution in [0.5, 0.6) is 0 Å². The predicted octanol–water partition coefficient (Wildman–Crippen LogP) is 2.28. The van der Waals surface area contributed by atoms with Crippen LogP contribution in [-0.2, 0) is 0 Å². The molecule has 1 fully saturated rings. The number of hydrogen-bond donors (Lipinski definition) is 1. The molecule has 0 saturated carbocycles. The number of carbonyl (C=O) groups excluding carboxylic acids is 1. The Morgan fingerprint density at radius 2 is 2.35 bits per heavy atom. The van der Waals surface area contributed by atoms with Crippen molar-refractivity contribution in [2.24, 2.45) is 0 Å². The quantitative estimate of drug-likeness (QED) is 0.838. The van der Waals surface area contributed by atoms with Gasteiger partial charge in [-0.25, -0.2) is 0 Å². The van der Waals surface area contributed by atoms with E-state index in [0.717, 1.165) is 38.8 Å². The number of amides is 1. The topological polar surface area (TPSA) is 45.5 Å². The molecule has 0 aromatic carbocycles. The van der Waals surface area contributed by atoms with Crippen molar-refractivity contribution in [1.82, 2.24) is 10.2 Å². The largest absolute Gasteiger partial charge is 0.472 e. The van der Waals surface area contributed by atoms with E-state index in [4.69, 9.17) is 10.8 Å². The Morgan fingerprint density at radius 3 is 2.90 bits per heavy atom. The number of nitrogens with one attached hydrogen (secondary N) is 1. The van der Waals surface area contributed by atoms with Gasteiger partial charge in [0.25, 0.3) is 5.91 Å². The minimum Gasteiger partial charge on any atom is -0.472 e. The second-order valence-electron chi connectivity index (χ2n) is 5.25. The normalized spacial score (nSPS) is 17.7. The van der Waals surface area contributed by atoms with E-state index in [1.54, 1.807) is 6.07 Å². The Hall–Kier alpha value is -1.73. The van der Waals surface area contributed by atoms with E-state index >= 15 is 0 Å². The van der Waals surface area contributed by atoms with Crippen molar-refractivity contribution in [2.75, 3.05) is 13.1 Å². The van der Waals surface area contributed by atoms with Gasteiger partial charge in [-0.1, -0.05) is 19.3 Å².